The first-order valence-electron chi connectivity index (χ1n) is 5.41. The molecule has 0 aliphatic carbocycles. The van der Waals surface area contributed by atoms with Crippen molar-refractivity contribution in [1.29, 1.82) is 0 Å². The van der Waals surface area contributed by atoms with E-state index < -0.39 is 0 Å². The van der Waals surface area contributed by atoms with Crippen LogP contribution in [0.2, 0.25) is 0 Å². The highest BCUT2D eigenvalue weighted by molar-refractivity contribution is 5.73. The van der Waals surface area contributed by atoms with Gasteiger partial charge in [-0.15, -0.1) is 0 Å². The maximum absolute atomic E-state index is 13.3. The van der Waals surface area contributed by atoms with Crippen LogP contribution >= 0.6 is 0 Å². The summed E-state index contributed by atoms with van der Waals surface area (Å²) in [4.78, 5) is 0. The normalized spacial score (nSPS) is 10.5. The largest absolute Gasteiger partial charge is 0.507 e. The third-order valence-electron chi connectivity index (χ3n) is 2.81. The number of aromatic hydroxyl groups is 1. The molecule has 0 saturated heterocycles. The SMILES string of the molecule is Cc1cccc(O)c1-c1ccc(F)c(CN)c1. The van der Waals surface area contributed by atoms with E-state index >= 15 is 0 Å². The Balaban J connectivity index is 2.61. The minimum absolute atomic E-state index is 0.145. The Morgan fingerprint density at radius 2 is 2.00 bits per heavy atom. The van der Waals surface area contributed by atoms with Gasteiger partial charge in [0.15, 0.2) is 0 Å². The van der Waals surface area contributed by atoms with Gasteiger partial charge >= 0.3 is 0 Å². The summed E-state index contributed by atoms with van der Waals surface area (Å²) in [6.45, 7) is 2.05. The van der Waals surface area contributed by atoms with Crippen molar-refractivity contribution < 1.29 is 9.50 Å². The van der Waals surface area contributed by atoms with Gasteiger partial charge in [0, 0.05) is 17.7 Å². The van der Waals surface area contributed by atoms with Crippen molar-refractivity contribution in [3.63, 3.8) is 0 Å². The van der Waals surface area contributed by atoms with Crippen molar-refractivity contribution in [3.05, 3.63) is 53.3 Å². The van der Waals surface area contributed by atoms with Crippen LogP contribution in [0, 0.1) is 12.7 Å². The van der Waals surface area contributed by atoms with E-state index in [2.05, 4.69) is 0 Å². The minimum Gasteiger partial charge on any atom is -0.507 e. The fraction of sp³-hybridized carbons (Fsp3) is 0.143. The highest BCUT2D eigenvalue weighted by Gasteiger charge is 2.09. The van der Waals surface area contributed by atoms with Gasteiger partial charge < -0.3 is 10.8 Å². The maximum atomic E-state index is 13.3. The summed E-state index contributed by atoms with van der Waals surface area (Å²) in [5.41, 5.74) is 8.37. The minimum atomic E-state index is -0.315. The molecule has 3 N–H and O–H groups in total. The third-order valence-corrected chi connectivity index (χ3v) is 2.81. The average Bonchev–Trinajstić information content (AvgIpc) is 2.31. The van der Waals surface area contributed by atoms with Gasteiger partial charge in [0.05, 0.1) is 0 Å². The quantitative estimate of drug-likeness (QED) is 0.834. The number of hydrogen-bond donors (Lipinski definition) is 2. The topological polar surface area (TPSA) is 46.2 Å². The molecule has 17 heavy (non-hydrogen) atoms. The lowest BCUT2D eigenvalue weighted by Crippen LogP contribution is -2.00. The van der Waals surface area contributed by atoms with Gasteiger partial charge in [-0.05, 0) is 36.2 Å². The van der Waals surface area contributed by atoms with Crippen LogP contribution in [-0.4, -0.2) is 5.11 Å². The van der Waals surface area contributed by atoms with Crippen molar-refractivity contribution in [3.8, 4) is 16.9 Å². The summed E-state index contributed by atoms with van der Waals surface area (Å²) < 4.78 is 13.3. The highest BCUT2D eigenvalue weighted by atomic mass is 19.1. The average molecular weight is 231 g/mol. The van der Waals surface area contributed by atoms with Gasteiger partial charge in [0.25, 0.3) is 0 Å². The van der Waals surface area contributed by atoms with Crippen LogP contribution < -0.4 is 5.73 Å². The lowest BCUT2D eigenvalue weighted by molar-refractivity contribution is 0.477. The van der Waals surface area contributed by atoms with Crippen LogP contribution in [0.1, 0.15) is 11.1 Å². The van der Waals surface area contributed by atoms with Gasteiger partial charge in [-0.2, -0.15) is 0 Å². The number of rotatable bonds is 2. The number of phenols is 1. The van der Waals surface area contributed by atoms with E-state index in [1.54, 1.807) is 24.3 Å². The summed E-state index contributed by atoms with van der Waals surface area (Å²) >= 11 is 0. The Morgan fingerprint density at radius 3 is 2.65 bits per heavy atom. The van der Waals surface area contributed by atoms with E-state index in [-0.39, 0.29) is 18.1 Å². The summed E-state index contributed by atoms with van der Waals surface area (Å²) in [6, 6.07) is 10.0. The summed E-state index contributed by atoms with van der Waals surface area (Å²) in [5.74, 6) is -0.121. The summed E-state index contributed by atoms with van der Waals surface area (Å²) in [5, 5.41) is 9.85. The Kier molecular flexibility index (Phi) is 3.11. The summed E-state index contributed by atoms with van der Waals surface area (Å²) in [6.07, 6.45) is 0. The molecule has 0 atom stereocenters. The molecule has 0 aliphatic rings. The van der Waals surface area contributed by atoms with Crippen LogP contribution in [0.3, 0.4) is 0 Å². The van der Waals surface area contributed by atoms with Crippen LogP contribution in [0.5, 0.6) is 5.75 Å². The van der Waals surface area contributed by atoms with E-state index in [1.165, 1.54) is 6.07 Å². The van der Waals surface area contributed by atoms with Gasteiger partial charge in [-0.1, -0.05) is 18.2 Å². The van der Waals surface area contributed by atoms with E-state index in [1.807, 2.05) is 13.0 Å². The van der Waals surface area contributed by atoms with Crippen LogP contribution in [0.4, 0.5) is 4.39 Å². The van der Waals surface area contributed by atoms with Crippen molar-refractivity contribution in [2.24, 2.45) is 5.73 Å². The molecule has 2 aromatic rings. The van der Waals surface area contributed by atoms with Crippen molar-refractivity contribution >= 4 is 0 Å². The molecule has 0 heterocycles. The standard InChI is InChI=1S/C14H14FNO/c1-9-3-2-4-13(17)14(9)10-5-6-12(15)11(7-10)8-16/h2-7,17H,8,16H2,1H3. The van der Waals surface area contributed by atoms with Crippen molar-refractivity contribution in [1.82, 2.24) is 0 Å². The molecule has 0 saturated carbocycles. The lowest BCUT2D eigenvalue weighted by Gasteiger charge is -2.10. The molecule has 0 aliphatic heterocycles. The zero-order valence-electron chi connectivity index (χ0n) is 9.57. The number of halogens is 1. The van der Waals surface area contributed by atoms with Crippen LogP contribution in [0.15, 0.2) is 36.4 Å². The van der Waals surface area contributed by atoms with Crippen molar-refractivity contribution in [2.75, 3.05) is 0 Å². The smallest absolute Gasteiger partial charge is 0.127 e. The second-order valence-electron chi connectivity index (χ2n) is 3.98. The molecule has 0 amide bonds. The van der Waals surface area contributed by atoms with Crippen LogP contribution in [-0.2, 0) is 6.54 Å². The van der Waals surface area contributed by atoms with Gasteiger partial charge in [-0.25, -0.2) is 4.39 Å². The first-order chi connectivity index (χ1) is 8.13. The number of aryl methyl sites for hydroxylation is 1. The lowest BCUT2D eigenvalue weighted by atomic mass is 9.97. The van der Waals surface area contributed by atoms with Gasteiger partial charge in [0.1, 0.15) is 11.6 Å². The molecule has 2 nitrogen and oxygen atoms in total. The van der Waals surface area contributed by atoms with Gasteiger partial charge in [0.2, 0.25) is 0 Å². The molecule has 2 rings (SSSR count). The molecule has 88 valence electrons. The highest BCUT2D eigenvalue weighted by Crippen LogP contribution is 2.32. The molecule has 0 spiro atoms. The van der Waals surface area contributed by atoms with E-state index in [9.17, 15) is 9.50 Å². The number of hydrogen-bond acceptors (Lipinski definition) is 2. The van der Waals surface area contributed by atoms with E-state index in [4.69, 9.17) is 5.73 Å². The molecule has 2 aromatic carbocycles. The molecule has 0 bridgehead atoms. The van der Waals surface area contributed by atoms with Gasteiger partial charge in [-0.3, -0.25) is 0 Å². The summed E-state index contributed by atoms with van der Waals surface area (Å²) in [7, 11) is 0. The second kappa shape index (κ2) is 4.55. The predicted octanol–water partition coefficient (Wildman–Crippen LogP) is 2.97. The number of benzene rings is 2. The van der Waals surface area contributed by atoms with E-state index in [0.717, 1.165) is 16.7 Å². The van der Waals surface area contributed by atoms with Crippen LogP contribution in [0.25, 0.3) is 11.1 Å². The first kappa shape index (κ1) is 11.6. The Hall–Kier alpha value is -1.87. The molecule has 0 radical (unpaired) electrons. The zero-order valence-corrected chi connectivity index (χ0v) is 9.57. The molecular formula is C14H14FNO. The fourth-order valence-corrected chi connectivity index (χ4v) is 1.91. The Morgan fingerprint density at radius 1 is 1.24 bits per heavy atom. The molecule has 0 unspecified atom stereocenters. The second-order valence-corrected chi connectivity index (χ2v) is 3.98. The molecule has 0 aromatic heterocycles. The maximum Gasteiger partial charge on any atom is 0.127 e. The fourth-order valence-electron chi connectivity index (χ4n) is 1.91. The zero-order chi connectivity index (χ0) is 12.4. The van der Waals surface area contributed by atoms with Crippen molar-refractivity contribution in [2.45, 2.75) is 13.5 Å². The number of nitrogens with two attached hydrogens (primary N) is 1. The number of phenolic OH excluding ortho intramolecular Hbond substituents is 1. The predicted molar refractivity (Wildman–Crippen MR) is 66.1 cm³/mol. The Labute approximate surface area is 99.5 Å². The molecule has 3 heteroatoms. The first-order valence-corrected chi connectivity index (χ1v) is 5.41. The monoisotopic (exact) mass is 231 g/mol. The molecular weight excluding hydrogens is 217 g/mol. The molecule has 0 fully saturated rings. The Bertz CT molecular complexity index is 532. The third kappa shape index (κ3) is 2.15. The van der Waals surface area contributed by atoms with E-state index in [0.29, 0.717) is 5.56 Å².